The lowest BCUT2D eigenvalue weighted by Gasteiger charge is -2.24. The first-order valence-corrected chi connectivity index (χ1v) is 13.6. The highest BCUT2D eigenvalue weighted by Gasteiger charge is 2.44. The second-order valence-electron chi connectivity index (χ2n) is 8.68. The summed E-state index contributed by atoms with van der Waals surface area (Å²) in [5.41, 5.74) is 2.20. The maximum Gasteiger partial charge on any atom is 0.338 e. The zero-order chi connectivity index (χ0) is 28.1. The molecule has 1 aliphatic rings. The van der Waals surface area contributed by atoms with Gasteiger partial charge in [0.2, 0.25) is 5.91 Å². The van der Waals surface area contributed by atoms with Crippen molar-refractivity contribution in [2.24, 2.45) is 0 Å². The Kier molecular flexibility index (Phi) is 9.45. The summed E-state index contributed by atoms with van der Waals surface area (Å²) in [4.78, 5) is 41.7. The van der Waals surface area contributed by atoms with Crippen molar-refractivity contribution in [2.75, 3.05) is 23.4 Å². The van der Waals surface area contributed by atoms with Gasteiger partial charge in [0.15, 0.2) is 5.11 Å². The number of nitrogens with zero attached hydrogens (tertiary/aromatic N) is 2. The molecule has 1 saturated heterocycles. The molecule has 0 saturated carbocycles. The van der Waals surface area contributed by atoms with E-state index in [1.54, 1.807) is 72.5 Å². The van der Waals surface area contributed by atoms with Gasteiger partial charge in [-0.1, -0.05) is 46.9 Å². The number of esters is 1. The number of anilines is 2. The minimum atomic E-state index is -0.846. The van der Waals surface area contributed by atoms with Gasteiger partial charge in [0.1, 0.15) is 6.04 Å². The highest BCUT2D eigenvalue weighted by atomic mass is 35.5. The molecule has 202 valence electrons. The number of nitrogens with one attached hydrogen (secondary N) is 1. The van der Waals surface area contributed by atoms with Crippen molar-refractivity contribution in [1.82, 2.24) is 4.90 Å². The SMILES string of the molecule is CCOC(=O)c1ccc(NC(=O)C[C@H]2C(=O)N(c3cccc(Cl)c3)C(=S)N2CCc2ccc(Cl)cc2Cl)cc1. The molecule has 3 aromatic rings. The molecule has 11 heteroatoms. The van der Waals surface area contributed by atoms with Crippen molar-refractivity contribution in [1.29, 1.82) is 0 Å². The average Bonchev–Trinajstić information content (AvgIpc) is 3.12. The lowest BCUT2D eigenvalue weighted by molar-refractivity contribution is -0.124. The zero-order valence-electron chi connectivity index (χ0n) is 20.8. The lowest BCUT2D eigenvalue weighted by Crippen LogP contribution is -2.39. The van der Waals surface area contributed by atoms with Crippen molar-refractivity contribution in [3.8, 4) is 0 Å². The van der Waals surface area contributed by atoms with E-state index in [0.717, 1.165) is 5.56 Å². The molecule has 7 nitrogen and oxygen atoms in total. The van der Waals surface area contributed by atoms with Crippen molar-refractivity contribution in [3.05, 3.63) is 92.9 Å². The van der Waals surface area contributed by atoms with E-state index in [1.807, 2.05) is 6.07 Å². The number of amides is 2. The third kappa shape index (κ3) is 6.89. The average molecular weight is 605 g/mol. The number of halogens is 3. The van der Waals surface area contributed by atoms with Gasteiger partial charge in [0, 0.05) is 27.3 Å². The van der Waals surface area contributed by atoms with Crippen LogP contribution < -0.4 is 10.2 Å². The van der Waals surface area contributed by atoms with Gasteiger partial charge in [0.05, 0.1) is 24.3 Å². The van der Waals surface area contributed by atoms with Crippen molar-refractivity contribution < 1.29 is 19.1 Å². The third-order valence-corrected chi connectivity index (χ3v) is 7.32. The van der Waals surface area contributed by atoms with E-state index < -0.39 is 12.0 Å². The Hall–Kier alpha value is -3.17. The fraction of sp³-hybridized carbons (Fsp3) is 0.214. The molecule has 2 amide bonds. The van der Waals surface area contributed by atoms with Gasteiger partial charge in [-0.25, -0.2) is 4.79 Å². The summed E-state index contributed by atoms with van der Waals surface area (Å²) in [6, 6.07) is 17.5. The molecule has 0 radical (unpaired) electrons. The second kappa shape index (κ2) is 12.8. The summed E-state index contributed by atoms with van der Waals surface area (Å²) in [7, 11) is 0. The number of ether oxygens (including phenoxy) is 1. The number of thiocarbonyl (C=S) groups is 1. The van der Waals surface area contributed by atoms with Gasteiger partial charge in [-0.3, -0.25) is 14.5 Å². The minimum absolute atomic E-state index is 0.149. The van der Waals surface area contributed by atoms with E-state index in [4.69, 9.17) is 51.8 Å². The summed E-state index contributed by atoms with van der Waals surface area (Å²) < 4.78 is 4.98. The fourth-order valence-corrected chi connectivity index (χ4v) is 5.30. The fourth-order valence-electron chi connectivity index (χ4n) is 4.20. The van der Waals surface area contributed by atoms with Crippen LogP contribution in [0.2, 0.25) is 15.1 Å². The van der Waals surface area contributed by atoms with E-state index in [2.05, 4.69) is 5.32 Å². The van der Waals surface area contributed by atoms with Crippen LogP contribution in [-0.2, 0) is 20.7 Å². The van der Waals surface area contributed by atoms with Gasteiger partial charge in [-0.15, -0.1) is 0 Å². The van der Waals surface area contributed by atoms with E-state index in [1.165, 1.54) is 4.90 Å². The molecule has 0 unspecified atom stereocenters. The summed E-state index contributed by atoms with van der Waals surface area (Å²) >= 11 is 24.3. The van der Waals surface area contributed by atoms with Crippen LogP contribution in [0.25, 0.3) is 0 Å². The maximum absolute atomic E-state index is 13.6. The van der Waals surface area contributed by atoms with Crippen molar-refractivity contribution >= 4 is 81.3 Å². The quantitative estimate of drug-likeness (QED) is 0.225. The first-order valence-electron chi connectivity index (χ1n) is 12.1. The largest absolute Gasteiger partial charge is 0.462 e. The Morgan fingerprint density at radius 2 is 1.72 bits per heavy atom. The number of benzene rings is 3. The Labute approximate surface area is 246 Å². The van der Waals surface area contributed by atoms with Gasteiger partial charge < -0.3 is 15.0 Å². The van der Waals surface area contributed by atoms with Crippen LogP contribution in [0, 0.1) is 0 Å². The Morgan fingerprint density at radius 1 is 1.00 bits per heavy atom. The summed E-state index contributed by atoms with van der Waals surface area (Å²) in [6.07, 6.45) is 0.324. The van der Waals surface area contributed by atoms with Crippen LogP contribution in [0.5, 0.6) is 0 Å². The first-order chi connectivity index (χ1) is 18.7. The van der Waals surface area contributed by atoms with Crippen LogP contribution >= 0.6 is 47.0 Å². The van der Waals surface area contributed by atoms with E-state index >= 15 is 0 Å². The Morgan fingerprint density at radius 3 is 2.38 bits per heavy atom. The van der Waals surface area contributed by atoms with Crippen LogP contribution in [0.1, 0.15) is 29.3 Å². The highest BCUT2D eigenvalue weighted by molar-refractivity contribution is 7.80. The highest BCUT2D eigenvalue weighted by Crippen LogP contribution is 2.30. The predicted molar refractivity (Wildman–Crippen MR) is 158 cm³/mol. The molecule has 39 heavy (non-hydrogen) atoms. The molecule has 1 heterocycles. The standard InChI is InChI=1S/C28H24Cl3N3O4S/c1-2-38-27(37)18-7-10-21(11-8-18)32-25(35)16-24-26(36)34(22-5-3-4-19(29)14-22)28(39)33(24)13-12-17-6-9-20(30)15-23(17)31/h3-11,14-15,24H,2,12-13,16H2,1H3,(H,32,35)/t24-/m0/s1. The van der Waals surface area contributed by atoms with Crippen LogP contribution in [-0.4, -0.2) is 47.0 Å². The molecular formula is C28H24Cl3N3O4S. The van der Waals surface area contributed by atoms with Gasteiger partial charge in [-0.2, -0.15) is 0 Å². The second-order valence-corrected chi connectivity index (χ2v) is 10.3. The van der Waals surface area contributed by atoms with Gasteiger partial charge in [-0.05, 0) is 85.7 Å². The summed E-state index contributed by atoms with van der Waals surface area (Å²) in [5, 5.41) is 4.54. The third-order valence-electron chi connectivity index (χ3n) is 6.08. The maximum atomic E-state index is 13.6. The molecule has 1 aliphatic heterocycles. The normalized spacial score (nSPS) is 15.0. The molecule has 0 bridgehead atoms. The van der Waals surface area contributed by atoms with E-state index in [0.29, 0.717) is 45.0 Å². The minimum Gasteiger partial charge on any atom is -0.462 e. The molecule has 0 aromatic heterocycles. The molecule has 4 rings (SSSR count). The van der Waals surface area contributed by atoms with Crippen LogP contribution in [0.3, 0.4) is 0 Å². The van der Waals surface area contributed by atoms with Crippen molar-refractivity contribution in [2.45, 2.75) is 25.8 Å². The predicted octanol–water partition coefficient (Wildman–Crippen LogP) is 6.40. The molecule has 0 spiro atoms. The molecule has 1 N–H and O–H groups in total. The van der Waals surface area contributed by atoms with Gasteiger partial charge >= 0.3 is 5.97 Å². The van der Waals surface area contributed by atoms with Crippen molar-refractivity contribution in [3.63, 3.8) is 0 Å². The molecule has 3 aromatic carbocycles. The number of rotatable bonds is 9. The summed E-state index contributed by atoms with van der Waals surface area (Å²) in [6.45, 7) is 2.33. The lowest BCUT2D eigenvalue weighted by atomic mass is 10.1. The summed E-state index contributed by atoms with van der Waals surface area (Å²) in [5.74, 6) is -1.17. The van der Waals surface area contributed by atoms with Crippen LogP contribution in [0.15, 0.2) is 66.7 Å². The molecular weight excluding hydrogens is 581 g/mol. The zero-order valence-corrected chi connectivity index (χ0v) is 23.9. The number of carbonyl (C=O) groups is 3. The smallest absolute Gasteiger partial charge is 0.338 e. The molecule has 1 fully saturated rings. The van der Waals surface area contributed by atoms with Gasteiger partial charge in [0.25, 0.3) is 5.91 Å². The number of hydrogen-bond donors (Lipinski definition) is 1. The van der Waals surface area contributed by atoms with E-state index in [9.17, 15) is 14.4 Å². The number of carbonyl (C=O) groups excluding carboxylic acids is 3. The molecule has 1 atom stereocenters. The number of hydrogen-bond acceptors (Lipinski definition) is 5. The Bertz CT molecular complexity index is 1420. The monoisotopic (exact) mass is 603 g/mol. The van der Waals surface area contributed by atoms with Crippen LogP contribution in [0.4, 0.5) is 11.4 Å². The topological polar surface area (TPSA) is 78.9 Å². The Balaban J connectivity index is 1.53. The first kappa shape index (κ1) is 28.8. The molecule has 0 aliphatic carbocycles. The van der Waals surface area contributed by atoms with E-state index in [-0.39, 0.29) is 30.0 Å².